The van der Waals surface area contributed by atoms with E-state index in [9.17, 15) is 5.11 Å². The smallest absolute Gasteiger partial charge is 0.192 e. The van der Waals surface area contributed by atoms with Gasteiger partial charge in [0.2, 0.25) is 0 Å². The van der Waals surface area contributed by atoms with Gasteiger partial charge in [-0.25, -0.2) is 9.98 Å². The monoisotopic (exact) mass is 376 g/mol. The molecule has 6 heteroatoms. The molecule has 26 heavy (non-hydrogen) atoms. The van der Waals surface area contributed by atoms with Crippen molar-refractivity contribution < 1.29 is 9.84 Å². The van der Waals surface area contributed by atoms with Crippen LogP contribution in [-0.2, 0) is 4.74 Å². The molecule has 142 valence electrons. The van der Waals surface area contributed by atoms with Crippen molar-refractivity contribution in [1.82, 2.24) is 4.90 Å². The fourth-order valence-electron chi connectivity index (χ4n) is 4.90. The van der Waals surface area contributed by atoms with Gasteiger partial charge >= 0.3 is 0 Å². The van der Waals surface area contributed by atoms with Gasteiger partial charge in [-0.05, 0) is 69.0 Å². The van der Waals surface area contributed by atoms with E-state index in [4.69, 9.17) is 4.74 Å². The van der Waals surface area contributed by atoms with E-state index in [1.165, 1.54) is 23.3 Å². The maximum Gasteiger partial charge on any atom is 0.192 e. The lowest BCUT2D eigenvalue weighted by Gasteiger charge is -2.36. The van der Waals surface area contributed by atoms with Gasteiger partial charge in [-0.1, -0.05) is 11.8 Å². The normalized spacial score (nSPS) is 37.7. The number of ether oxygens (including phenoxy) is 1. The molecular weight excluding hydrogens is 346 g/mol. The zero-order valence-corrected chi connectivity index (χ0v) is 16.6. The zero-order chi connectivity index (χ0) is 18.3. The number of aliphatic imine (C=N–C) groups is 2. The molecular formula is C20H30N3O2S+. The predicted octanol–water partition coefficient (Wildman–Crippen LogP) is 3.25. The Balaban J connectivity index is 1.44. The molecule has 0 aromatic carbocycles. The Bertz CT molecular complexity index is 621. The van der Waals surface area contributed by atoms with Gasteiger partial charge in [0.1, 0.15) is 6.34 Å². The lowest BCUT2D eigenvalue weighted by Crippen LogP contribution is -2.39. The number of aliphatic hydroxyl groups is 1. The molecule has 2 aliphatic heterocycles. The van der Waals surface area contributed by atoms with Crippen LogP contribution in [0.5, 0.6) is 0 Å². The van der Waals surface area contributed by atoms with Crippen LogP contribution in [0.2, 0.25) is 0 Å². The molecule has 2 heterocycles. The van der Waals surface area contributed by atoms with E-state index in [0.29, 0.717) is 18.1 Å². The predicted molar refractivity (Wildman–Crippen MR) is 107 cm³/mol. The first-order valence-corrected chi connectivity index (χ1v) is 10.7. The summed E-state index contributed by atoms with van der Waals surface area (Å²) in [4.78, 5) is 12.9. The first-order chi connectivity index (χ1) is 12.5. The molecule has 0 spiro atoms. The standard InChI is InChI=1S/C20H30N3O2S/c1-12(24)10-13-4-9-16-17(13)18-19(21-11-22-20(18)26-16)25-15-7-5-14(6-8-15)23(2)3/h11-15,18-19,24H,1,4-10H2,2-3H3/q+1. The van der Waals surface area contributed by atoms with E-state index in [1.54, 1.807) is 6.34 Å². The maximum absolute atomic E-state index is 9.79. The van der Waals surface area contributed by atoms with Gasteiger partial charge in [-0.15, -0.1) is 0 Å². The van der Waals surface area contributed by atoms with Gasteiger partial charge in [-0.2, -0.15) is 0 Å². The molecule has 4 atom stereocenters. The molecule has 1 N–H and O–H groups in total. The summed E-state index contributed by atoms with van der Waals surface area (Å²) in [6.07, 6.45) is 8.85. The van der Waals surface area contributed by atoms with E-state index in [1.807, 2.05) is 11.8 Å². The minimum Gasteiger partial charge on any atom is -0.353 e. The number of thioether (sulfide) groups is 1. The summed E-state index contributed by atoms with van der Waals surface area (Å²) in [6, 6.07) is 0.677. The van der Waals surface area contributed by atoms with Crippen LogP contribution < -0.4 is 0 Å². The Morgan fingerprint density at radius 2 is 2.08 bits per heavy atom. The fraction of sp³-hybridized carbons (Fsp3) is 0.750. The van der Waals surface area contributed by atoms with E-state index < -0.39 is 6.10 Å². The summed E-state index contributed by atoms with van der Waals surface area (Å²) in [5.41, 5.74) is 1.43. The number of fused-ring (bicyclic) bond motifs is 2. The highest BCUT2D eigenvalue weighted by Crippen LogP contribution is 2.53. The van der Waals surface area contributed by atoms with E-state index in [-0.39, 0.29) is 12.1 Å². The van der Waals surface area contributed by atoms with Crippen molar-refractivity contribution in [3.05, 3.63) is 17.4 Å². The van der Waals surface area contributed by atoms with E-state index in [2.05, 4.69) is 35.9 Å². The number of aliphatic hydroxyl groups excluding tert-OH is 1. The third-order valence-electron chi connectivity index (χ3n) is 6.26. The van der Waals surface area contributed by atoms with Crippen molar-refractivity contribution in [1.29, 1.82) is 0 Å². The summed E-state index contributed by atoms with van der Waals surface area (Å²) in [5, 5.41) is 10.9. The highest BCUT2D eigenvalue weighted by atomic mass is 32.2. The van der Waals surface area contributed by atoms with Crippen molar-refractivity contribution in [3.8, 4) is 0 Å². The molecule has 0 saturated heterocycles. The molecule has 4 unspecified atom stereocenters. The number of allylic oxidation sites excluding steroid dienone is 1. The van der Waals surface area contributed by atoms with Crippen LogP contribution >= 0.6 is 11.8 Å². The van der Waals surface area contributed by atoms with Gasteiger partial charge in [-0.3, -0.25) is 0 Å². The van der Waals surface area contributed by atoms with Crippen molar-refractivity contribution >= 4 is 23.1 Å². The molecule has 1 saturated carbocycles. The largest absolute Gasteiger partial charge is 0.353 e. The lowest BCUT2D eigenvalue weighted by molar-refractivity contribution is -0.0445. The molecule has 4 aliphatic rings. The van der Waals surface area contributed by atoms with Crippen molar-refractivity contribution in [2.24, 2.45) is 21.8 Å². The van der Waals surface area contributed by atoms with Crippen molar-refractivity contribution in [3.63, 3.8) is 0 Å². The maximum atomic E-state index is 9.79. The molecule has 0 bridgehead atoms. The third-order valence-corrected chi connectivity index (χ3v) is 7.51. The molecule has 1 fully saturated rings. The minimum absolute atomic E-state index is 0.147. The molecule has 0 aromatic heterocycles. The summed E-state index contributed by atoms with van der Waals surface area (Å²) in [5.74, 6) is 0.560. The molecule has 0 amide bonds. The Hall–Kier alpha value is -0.820. The summed E-state index contributed by atoms with van der Waals surface area (Å²) in [7, 11) is 4.34. The summed E-state index contributed by atoms with van der Waals surface area (Å²) < 4.78 is 6.51. The van der Waals surface area contributed by atoms with Crippen LogP contribution in [0, 0.1) is 18.8 Å². The van der Waals surface area contributed by atoms with Crippen molar-refractivity contribution in [2.45, 2.75) is 69.4 Å². The van der Waals surface area contributed by atoms with E-state index >= 15 is 0 Å². The number of hydrogen-bond acceptors (Lipinski definition) is 6. The van der Waals surface area contributed by atoms with Gasteiger partial charge < -0.3 is 14.7 Å². The molecule has 5 nitrogen and oxygen atoms in total. The summed E-state index contributed by atoms with van der Waals surface area (Å²) in [6.45, 7) is 3.79. The number of rotatable bonds is 5. The second-order valence-corrected chi connectivity index (χ2v) is 9.35. The second-order valence-electron chi connectivity index (χ2n) is 8.24. The van der Waals surface area contributed by atoms with Crippen LogP contribution in [-0.4, -0.2) is 60.0 Å². The Kier molecular flexibility index (Phi) is 5.46. The summed E-state index contributed by atoms with van der Waals surface area (Å²) >= 11 is 1.82. The highest BCUT2D eigenvalue weighted by molar-refractivity contribution is 8.17. The van der Waals surface area contributed by atoms with Crippen LogP contribution in [0.1, 0.15) is 44.9 Å². The van der Waals surface area contributed by atoms with Crippen LogP contribution in [0.15, 0.2) is 20.5 Å². The SMILES string of the molecule is [CH2+]C(O)CC1CCC2=C1C1C(=NC=NC1OC1CCC(N(C)C)CC1)S2. The number of nitrogens with zero attached hydrogens (tertiary/aromatic N) is 3. The lowest BCUT2D eigenvalue weighted by atomic mass is 9.85. The molecule has 0 radical (unpaired) electrons. The minimum atomic E-state index is -0.509. The molecule has 2 aliphatic carbocycles. The fourth-order valence-corrected chi connectivity index (χ4v) is 6.25. The van der Waals surface area contributed by atoms with Crippen LogP contribution in [0.25, 0.3) is 0 Å². The highest BCUT2D eigenvalue weighted by Gasteiger charge is 2.46. The zero-order valence-electron chi connectivity index (χ0n) is 15.8. The van der Waals surface area contributed by atoms with Gasteiger partial charge in [0.15, 0.2) is 12.3 Å². The average molecular weight is 377 g/mol. The molecule has 4 rings (SSSR count). The number of hydrogen-bond donors (Lipinski definition) is 1. The topological polar surface area (TPSA) is 57.4 Å². The average Bonchev–Trinajstić information content (AvgIpc) is 3.15. The van der Waals surface area contributed by atoms with Gasteiger partial charge in [0, 0.05) is 12.5 Å². The van der Waals surface area contributed by atoms with Crippen LogP contribution in [0.3, 0.4) is 0 Å². The quantitative estimate of drug-likeness (QED) is 0.748. The Morgan fingerprint density at radius 3 is 2.77 bits per heavy atom. The molecule has 0 aromatic rings. The Labute approximate surface area is 161 Å². The van der Waals surface area contributed by atoms with Gasteiger partial charge in [0.05, 0.1) is 24.0 Å². The Morgan fingerprint density at radius 1 is 1.31 bits per heavy atom. The van der Waals surface area contributed by atoms with Gasteiger partial charge in [0.25, 0.3) is 0 Å². The third kappa shape index (κ3) is 3.61. The second kappa shape index (κ2) is 7.66. The van der Waals surface area contributed by atoms with Crippen LogP contribution in [0.4, 0.5) is 0 Å². The first-order valence-electron chi connectivity index (χ1n) is 9.86. The van der Waals surface area contributed by atoms with Crippen molar-refractivity contribution in [2.75, 3.05) is 14.1 Å². The first kappa shape index (κ1) is 18.5. The van der Waals surface area contributed by atoms with E-state index in [0.717, 1.165) is 37.1 Å².